The number of aromatic nitrogens is 4. The van der Waals surface area contributed by atoms with E-state index in [9.17, 15) is 4.79 Å². The third kappa shape index (κ3) is 3.36. The summed E-state index contributed by atoms with van der Waals surface area (Å²) < 4.78 is 7.39. The van der Waals surface area contributed by atoms with Crippen LogP contribution in [0.1, 0.15) is 16.1 Å². The van der Waals surface area contributed by atoms with Gasteiger partial charge in [0.25, 0.3) is 5.89 Å². The van der Waals surface area contributed by atoms with Crippen molar-refractivity contribution in [2.24, 2.45) is 7.05 Å². The zero-order valence-electron chi connectivity index (χ0n) is 15.9. The maximum Gasteiger partial charge on any atom is 0.279 e. The molecule has 0 saturated carbocycles. The van der Waals surface area contributed by atoms with Crippen molar-refractivity contribution in [3.8, 4) is 23.0 Å². The van der Waals surface area contributed by atoms with Gasteiger partial charge >= 0.3 is 0 Å². The van der Waals surface area contributed by atoms with Crippen LogP contribution >= 0.6 is 11.3 Å². The molecule has 0 atom stereocenters. The first-order valence-electron chi connectivity index (χ1n) is 9.43. The number of benzene rings is 1. The molecule has 0 saturated heterocycles. The lowest BCUT2D eigenvalue weighted by molar-refractivity contribution is -0.131. The Morgan fingerprint density at radius 1 is 1.21 bits per heavy atom. The molecule has 0 bridgehead atoms. The van der Waals surface area contributed by atoms with E-state index in [0.717, 1.165) is 28.1 Å². The Labute approximate surface area is 171 Å². The van der Waals surface area contributed by atoms with Crippen LogP contribution in [0.2, 0.25) is 0 Å². The maximum atomic E-state index is 12.8. The van der Waals surface area contributed by atoms with Crippen LogP contribution in [-0.4, -0.2) is 37.3 Å². The Bertz CT molecular complexity index is 1150. The average molecular weight is 405 g/mol. The summed E-state index contributed by atoms with van der Waals surface area (Å²) in [6, 6.07) is 13.7. The third-order valence-electron chi connectivity index (χ3n) is 5.16. The van der Waals surface area contributed by atoms with Crippen LogP contribution < -0.4 is 0 Å². The maximum absolute atomic E-state index is 12.8. The number of rotatable bonds is 4. The SMILES string of the molecule is Cn1nc(-c2nc(-c3ccccc3)no2)c2c1CCN(C(=O)Cc1cccs1)C2. The molecule has 0 spiro atoms. The van der Waals surface area contributed by atoms with Gasteiger partial charge in [0.1, 0.15) is 0 Å². The van der Waals surface area contributed by atoms with E-state index >= 15 is 0 Å². The molecule has 8 heteroatoms. The number of carbonyl (C=O) groups excluding carboxylic acids is 1. The quantitative estimate of drug-likeness (QED) is 0.521. The fourth-order valence-corrected chi connectivity index (χ4v) is 4.37. The van der Waals surface area contributed by atoms with Gasteiger partial charge in [0.2, 0.25) is 11.7 Å². The third-order valence-corrected chi connectivity index (χ3v) is 6.04. The van der Waals surface area contributed by atoms with Crippen LogP contribution in [0.3, 0.4) is 0 Å². The normalized spacial score (nSPS) is 13.5. The first kappa shape index (κ1) is 17.8. The van der Waals surface area contributed by atoms with E-state index in [0.29, 0.717) is 36.9 Å². The molecule has 0 unspecified atom stereocenters. The number of amides is 1. The lowest BCUT2D eigenvalue weighted by Crippen LogP contribution is -2.37. The second-order valence-electron chi connectivity index (χ2n) is 7.01. The topological polar surface area (TPSA) is 77.1 Å². The van der Waals surface area contributed by atoms with E-state index in [1.165, 1.54) is 0 Å². The van der Waals surface area contributed by atoms with Crippen molar-refractivity contribution in [1.29, 1.82) is 0 Å². The van der Waals surface area contributed by atoms with E-state index in [1.54, 1.807) is 11.3 Å². The molecule has 5 rings (SSSR count). The molecule has 4 heterocycles. The Morgan fingerprint density at radius 3 is 2.86 bits per heavy atom. The Hall–Kier alpha value is -3.26. The van der Waals surface area contributed by atoms with Gasteiger partial charge in [-0.15, -0.1) is 11.3 Å². The second kappa shape index (κ2) is 7.29. The zero-order valence-corrected chi connectivity index (χ0v) is 16.7. The van der Waals surface area contributed by atoms with Crippen molar-refractivity contribution < 1.29 is 9.32 Å². The summed E-state index contributed by atoms with van der Waals surface area (Å²) in [5.41, 5.74) is 3.65. The molecule has 0 fully saturated rings. The van der Waals surface area contributed by atoms with Gasteiger partial charge in [-0.1, -0.05) is 41.6 Å². The van der Waals surface area contributed by atoms with Crippen LogP contribution in [0.5, 0.6) is 0 Å². The summed E-state index contributed by atoms with van der Waals surface area (Å²) in [6.45, 7) is 1.20. The molecule has 146 valence electrons. The summed E-state index contributed by atoms with van der Waals surface area (Å²) in [4.78, 5) is 20.3. The summed E-state index contributed by atoms with van der Waals surface area (Å²) in [5.74, 6) is 1.04. The molecule has 0 N–H and O–H groups in total. The molecular formula is C21H19N5O2S. The van der Waals surface area contributed by atoms with E-state index < -0.39 is 0 Å². The Balaban J connectivity index is 1.43. The van der Waals surface area contributed by atoms with Crippen molar-refractivity contribution >= 4 is 17.2 Å². The van der Waals surface area contributed by atoms with Crippen molar-refractivity contribution in [3.05, 3.63) is 64.0 Å². The summed E-state index contributed by atoms with van der Waals surface area (Å²) >= 11 is 1.61. The smallest absolute Gasteiger partial charge is 0.279 e. The molecule has 4 aromatic rings. The minimum absolute atomic E-state index is 0.128. The summed E-state index contributed by atoms with van der Waals surface area (Å²) in [5, 5.41) is 10.7. The number of hydrogen-bond donors (Lipinski definition) is 0. The lowest BCUT2D eigenvalue weighted by Gasteiger charge is -2.27. The lowest BCUT2D eigenvalue weighted by atomic mass is 10.0. The Kier molecular flexibility index (Phi) is 4.48. The first-order valence-corrected chi connectivity index (χ1v) is 10.3. The van der Waals surface area contributed by atoms with Crippen LogP contribution in [0.4, 0.5) is 0 Å². The predicted octanol–water partition coefficient (Wildman–Crippen LogP) is 3.33. The van der Waals surface area contributed by atoms with Gasteiger partial charge in [-0.25, -0.2) is 0 Å². The summed E-state index contributed by atoms with van der Waals surface area (Å²) in [7, 11) is 1.92. The van der Waals surface area contributed by atoms with Crippen molar-refractivity contribution in [2.75, 3.05) is 6.54 Å². The van der Waals surface area contributed by atoms with Gasteiger partial charge in [-0.2, -0.15) is 10.1 Å². The fraction of sp³-hybridized carbons (Fsp3) is 0.238. The van der Waals surface area contributed by atoms with E-state index in [2.05, 4.69) is 15.2 Å². The van der Waals surface area contributed by atoms with Gasteiger partial charge in [0.05, 0.1) is 6.42 Å². The summed E-state index contributed by atoms with van der Waals surface area (Å²) in [6.07, 6.45) is 1.19. The van der Waals surface area contributed by atoms with Crippen LogP contribution in [-0.2, 0) is 31.2 Å². The van der Waals surface area contributed by atoms with Gasteiger partial charge in [-0.05, 0) is 11.4 Å². The second-order valence-corrected chi connectivity index (χ2v) is 8.04. The number of aryl methyl sites for hydroxylation is 1. The molecule has 1 aromatic carbocycles. The zero-order chi connectivity index (χ0) is 19.8. The molecule has 29 heavy (non-hydrogen) atoms. The van der Waals surface area contributed by atoms with E-state index in [4.69, 9.17) is 4.52 Å². The average Bonchev–Trinajstić information content (AvgIpc) is 3.49. The van der Waals surface area contributed by atoms with Crippen LogP contribution in [0.25, 0.3) is 23.0 Å². The van der Waals surface area contributed by atoms with Crippen LogP contribution in [0.15, 0.2) is 52.4 Å². The molecular weight excluding hydrogens is 386 g/mol. The minimum atomic E-state index is 0.128. The Morgan fingerprint density at radius 2 is 2.07 bits per heavy atom. The van der Waals surface area contributed by atoms with E-state index in [-0.39, 0.29) is 5.91 Å². The molecule has 0 radical (unpaired) electrons. The standard InChI is InChI=1S/C21H19N5O2S/c1-25-17-9-10-26(18(27)12-15-8-5-11-29-15)13-16(17)19(23-25)21-22-20(24-28-21)14-6-3-2-4-7-14/h2-8,11H,9-10,12-13H2,1H3. The predicted molar refractivity (Wildman–Crippen MR) is 109 cm³/mol. The fourth-order valence-electron chi connectivity index (χ4n) is 3.68. The highest BCUT2D eigenvalue weighted by Crippen LogP contribution is 2.30. The molecule has 1 amide bonds. The molecule has 1 aliphatic heterocycles. The van der Waals surface area contributed by atoms with Gasteiger partial charge in [0, 0.05) is 48.3 Å². The monoisotopic (exact) mass is 405 g/mol. The van der Waals surface area contributed by atoms with Gasteiger partial charge < -0.3 is 9.42 Å². The number of fused-ring (bicyclic) bond motifs is 1. The van der Waals surface area contributed by atoms with Crippen molar-refractivity contribution in [1.82, 2.24) is 24.8 Å². The molecule has 0 aliphatic carbocycles. The van der Waals surface area contributed by atoms with Crippen molar-refractivity contribution in [3.63, 3.8) is 0 Å². The van der Waals surface area contributed by atoms with Crippen molar-refractivity contribution in [2.45, 2.75) is 19.4 Å². The largest absolute Gasteiger partial charge is 0.338 e. The molecule has 3 aromatic heterocycles. The number of carbonyl (C=O) groups is 1. The van der Waals surface area contributed by atoms with E-state index in [1.807, 2.05) is 64.5 Å². The highest BCUT2D eigenvalue weighted by Gasteiger charge is 2.29. The highest BCUT2D eigenvalue weighted by atomic mass is 32.1. The highest BCUT2D eigenvalue weighted by molar-refractivity contribution is 7.10. The first-order chi connectivity index (χ1) is 14.2. The van der Waals surface area contributed by atoms with Gasteiger partial charge in [0.15, 0.2) is 5.69 Å². The number of hydrogen-bond acceptors (Lipinski definition) is 6. The molecule has 1 aliphatic rings. The van der Waals surface area contributed by atoms with Crippen LogP contribution in [0, 0.1) is 0 Å². The van der Waals surface area contributed by atoms with Gasteiger partial charge in [-0.3, -0.25) is 9.48 Å². The number of thiophene rings is 1. The molecule has 7 nitrogen and oxygen atoms in total. The minimum Gasteiger partial charge on any atom is -0.338 e. The number of nitrogens with zero attached hydrogens (tertiary/aromatic N) is 5.